The minimum Gasteiger partial charge on any atom is -0.338 e. The van der Waals surface area contributed by atoms with Crippen molar-refractivity contribution in [3.05, 3.63) is 11.7 Å². The van der Waals surface area contributed by atoms with E-state index in [1.54, 1.807) is 0 Å². The van der Waals surface area contributed by atoms with Crippen molar-refractivity contribution in [3.63, 3.8) is 0 Å². The maximum Gasteiger partial charge on any atom is 0.243 e. The van der Waals surface area contributed by atoms with E-state index in [1.165, 1.54) is 19.3 Å². The molecule has 4 atom stereocenters. The fourth-order valence-electron chi connectivity index (χ4n) is 2.68. The van der Waals surface area contributed by atoms with Crippen molar-refractivity contribution in [3.8, 4) is 0 Å². The van der Waals surface area contributed by atoms with Crippen LogP contribution in [0.1, 0.15) is 62.5 Å². The number of nitrogens with zero attached hydrogens (tertiary/aromatic N) is 2. The van der Waals surface area contributed by atoms with E-state index in [-0.39, 0.29) is 6.04 Å². The number of rotatable bonds is 2. The van der Waals surface area contributed by atoms with E-state index in [2.05, 4.69) is 29.3 Å². The second-order valence-electron chi connectivity index (χ2n) is 5.72. The first-order valence-corrected chi connectivity index (χ1v) is 9.57. The predicted molar refractivity (Wildman–Crippen MR) is 85.2 cm³/mol. The number of aromatic nitrogens is 2. The van der Waals surface area contributed by atoms with Crippen LogP contribution in [0.25, 0.3) is 0 Å². The van der Waals surface area contributed by atoms with Gasteiger partial charge in [-0.05, 0) is 19.4 Å². The molecule has 1 aromatic heterocycles. The quantitative estimate of drug-likeness (QED) is 0.901. The van der Waals surface area contributed by atoms with Crippen LogP contribution in [0.4, 0.5) is 0 Å². The molecule has 3 rings (SSSR count). The van der Waals surface area contributed by atoms with E-state index in [9.17, 15) is 0 Å². The molecule has 1 N–H and O–H groups in total. The topological polar surface area (TPSA) is 51.0 Å². The van der Waals surface area contributed by atoms with Gasteiger partial charge in [-0.25, -0.2) is 0 Å². The minimum absolute atomic E-state index is 0.261. The van der Waals surface area contributed by atoms with Gasteiger partial charge >= 0.3 is 0 Å². The summed E-state index contributed by atoms with van der Waals surface area (Å²) in [5, 5.41) is 9.51. The van der Waals surface area contributed by atoms with Crippen LogP contribution < -0.4 is 5.32 Å². The molecule has 0 saturated carbocycles. The van der Waals surface area contributed by atoms with Crippen LogP contribution in [-0.2, 0) is 0 Å². The fraction of sp³-hybridized carbons (Fsp3) is 0.857. The summed E-state index contributed by atoms with van der Waals surface area (Å²) in [5.74, 6) is 2.77. The number of hydrogen-bond donors (Lipinski definition) is 1. The van der Waals surface area contributed by atoms with E-state index in [0.29, 0.717) is 15.7 Å². The van der Waals surface area contributed by atoms with Gasteiger partial charge in [0.1, 0.15) is 0 Å². The van der Waals surface area contributed by atoms with Crippen LogP contribution in [0.5, 0.6) is 0 Å². The smallest absolute Gasteiger partial charge is 0.243 e. The van der Waals surface area contributed by atoms with Gasteiger partial charge in [0.25, 0.3) is 0 Å². The first-order chi connectivity index (χ1) is 9.74. The average molecular weight is 313 g/mol. The third-order valence-electron chi connectivity index (χ3n) is 4.15. The number of thioether (sulfide) groups is 2. The van der Waals surface area contributed by atoms with Gasteiger partial charge in [-0.1, -0.05) is 31.8 Å². The Morgan fingerprint density at radius 1 is 1.20 bits per heavy atom. The molecule has 2 aliphatic heterocycles. The number of nitrogens with one attached hydrogen (secondary N) is 1. The summed E-state index contributed by atoms with van der Waals surface area (Å²) in [6, 6.07) is 0.261. The lowest BCUT2D eigenvalue weighted by atomic mass is 10.1. The molecule has 6 heteroatoms. The summed E-state index contributed by atoms with van der Waals surface area (Å²) in [6.45, 7) is 5.66. The fourth-order valence-corrected chi connectivity index (χ4v) is 5.51. The zero-order valence-corrected chi connectivity index (χ0v) is 13.8. The van der Waals surface area contributed by atoms with Crippen LogP contribution in [0, 0.1) is 0 Å². The van der Waals surface area contributed by atoms with Gasteiger partial charge in [0, 0.05) is 16.3 Å². The lowest BCUT2D eigenvalue weighted by Gasteiger charge is -2.29. The summed E-state index contributed by atoms with van der Waals surface area (Å²) in [6.07, 6.45) is 4.91. The number of hydrogen-bond acceptors (Lipinski definition) is 6. The molecule has 3 heterocycles. The zero-order valence-electron chi connectivity index (χ0n) is 12.2. The molecule has 2 aliphatic rings. The van der Waals surface area contributed by atoms with E-state index in [0.717, 1.165) is 30.4 Å². The summed E-state index contributed by atoms with van der Waals surface area (Å²) in [7, 11) is 0. The van der Waals surface area contributed by atoms with Gasteiger partial charge in [-0.2, -0.15) is 16.7 Å². The molecule has 0 amide bonds. The lowest BCUT2D eigenvalue weighted by Crippen LogP contribution is -2.23. The molecular weight excluding hydrogens is 290 g/mol. The molecule has 2 fully saturated rings. The van der Waals surface area contributed by atoms with Crippen molar-refractivity contribution in [2.45, 2.75) is 61.3 Å². The Bertz CT molecular complexity index is 432. The molecule has 1 aromatic rings. The monoisotopic (exact) mass is 313 g/mol. The summed E-state index contributed by atoms with van der Waals surface area (Å²) >= 11 is 4.00. The summed E-state index contributed by atoms with van der Waals surface area (Å²) in [5.41, 5.74) is 0. The van der Waals surface area contributed by atoms with Crippen molar-refractivity contribution < 1.29 is 4.52 Å². The van der Waals surface area contributed by atoms with Crippen molar-refractivity contribution >= 4 is 23.5 Å². The molecule has 0 radical (unpaired) electrons. The standard InChI is InChI=1S/C14H23N3OS2/c1-9-10(2)20-12(8-19-9)13-16-14(18-17-13)11-6-4-3-5-7-15-11/h9-12,15H,3-8H2,1-2H3. The van der Waals surface area contributed by atoms with Crippen molar-refractivity contribution in [1.82, 2.24) is 15.5 Å². The molecule has 2 saturated heterocycles. The highest BCUT2D eigenvalue weighted by atomic mass is 32.2. The van der Waals surface area contributed by atoms with E-state index in [4.69, 9.17) is 4.52 Å². The lowest BCUT2D eigenvalue weighted by molar-refractivity contribution is 0.324. The van der Waals surface area contributed by atoms with Gasteiger partial charge in [0.15, 0.2) is 5.82 Å². The highest BCUT2D eigenvalue weighted by molar-refractivity contribution is 8.07. The maximum atomic E-state index is 5.53. The van der Waals surface area contributed by atoms with Crippen molar-refractivity contribution in [2.75, 3.05) is 12.3 Å². The molecular formula is C14H23N3OS2. The minimum atomic E-state index is 0.261. The first kappa shape index (κ1) is 14.7. The zero-order chi connectivity index (χ0) is 13.9. The van der Waals surface area contributed by atoms with E-state index >= 15 is 0 Å². The van der Waals surface area contributed by atoms with Gasteiger partial charge in [0.05, 0.1) is 11.3 Å². The molecule has 20 heavy (non-hydrogen) atoms. The maximum absolute atomic E-state index is 5.53. The second-order valence-corrected chi connectivity index (χ2v) is 8.71. The Morgan fingerprint density at radius 2 is 2.10 bits per heavy atom. The summed E-state index contributed by atoms with van der Waals surface area (Å²) in [4.78, 5) is 4.68. The van der Waals surface area contributed by atoms with Crippen molar-refractivity contribution in [2.24, 2.45) is 0 Å². The Balaban J connectivity index is 1.67. The predicted octanol–water partition coefficient (Wildman–Crippen LogP) is 3.57. The Morgan fingerprint density at radius 3 is 2.95 bits per heavy atom. The average Bonchev–Trinajstić information content (AvgIpc) is 2.78. The highest BCUT2D eigenvalue weighted by Gasteiger charge is 2.30. The Labute approximate surface area is 129 Å². The molecule has 0 spiro atoms. The second kappa shape index (κ2) is 6.71. The van der Waals surface area contributed by atoms with E-state index in [1.807, 2.05) is 23.5 Å². The third-order valence-corrected chi connectivity index (χ3v) is 7.54. The molecule has 0 aliphatic carbocycles. The SMILES string of the molecule is CC1SCC(c2noc(C3CCCCCN3)n2)SC1C. The van der Waals surface area contributed by atoms with Crippen LogP contribution in [0.2, 0.25) is 0 Å². The Kier molecular flexibility index (Phi) is 4.94. The van der Waals surface area contributed by atoms with Gasteiger partial charge in [-0.15, -0.1) is 11.8 Å². The van der Waals surface area contributed by atoms with Gasteiger partial charge in [0.2, 0.25) is 5.89 Å². The molecule has 112 valence electrons. The van der Waals surface area contributed by atoms with Crippen LogP contribution >= 0.6 is 23.5 Å². The molecule has 4 unspecified atom stereocenters. The van der Waals surface area contributed by atoms with Crippen LogP contribution in [0.3, 0.4) is 0 Å². The van der Waals surface area contributed by atoms with Crippen LogP contribution in [-0.4, -0.2) is 32.9 Å². The first-order valence-electron chi connectivity index (χ1n) is 7.58. The Hall–Kier alpha value is -0.200. The largest absolute Gasteiger partial charge is 0.338 e. The summed E-state index contributed by atoms with van der Waals surface area (Å²) < 4.78 is 5.53. The molecule has 4 nitrogen and oxygen atoms in total. The van der Waals surface area contributed by atoms with E-state index < -0.39 is 0 Å². The third kappa shape index (κ3) is 3.34. The van der Waals surface area contributed by atoms with Crippen molar-refractivity contribution in [1.29, 1.82) is 0 Å². The molecule has 0 bridgehead atoms. The van der Waals surface area contributed by atoms with Gasteiger partial charge in [-0.3, -0.25) is 0 Å². The van der Waals surface area contributed by atoms with Crippen LogP contribution in [0.15, 0.2) is 4.52 Å². The highest BCUT2D eigenvalue weighted by Crippen LogP contribution is 2.43. The normalized spacial score (nSPS) is 35.7. The molecule has 0 aromatic carbocycles. The van der Waals surface area contributed by atoms with Gasteiger partial charge < -0.3 is 9.84 Å².